The summed E-state index contributed by atoms with van der Waals surface area (Å²) in [7, 11) is -2.95. The highest BCUT2D eigenvalue weighted by Gasteiger charge is 2.34. The Bertz CT molecular complexity index is 123. The van der Waals surface area contributed by atoms with Crippen LogP contribution < -0.4 is 0 Å². The molecule has 0 atom stereocenters. The topological polar surface area (TPSA) is 17.1 Å². The van der Waals surface area contributed by atoms with E-state index in [0.717, 1.165) is 0 Å². The third-order valence-corrected chi connectivity index (χ3v) is 8.59. The molecule has 1 nitrogen and oxygen atoms in total. The summed E-state index contributed by atoms with van der Waals surface area (Å²) < 4.78 is 0. The van der Waals surface area contributed by atoms with Crippen LogP contribution in [0.3, 0.4) is 0 Å². The third kappa shape index (κ3) is 2.79. The van der Waals surface area contributed by atoms with Gasteiger partial charge < -0.3 is 4.79 Å². The van der Waals surface area contributed by atoms with Crippen LogP contribution in [0.2, 0.25) is 39.3 Å². The molecule has 0 aromatic rings. The maximum absolute atomic E-state index is 11.6. The van der Waals surface area contributed by atoms with E-state index in [0.29, 0.717) is 5.03 Å². The number of carbonyl (C=O) groups is 1. The molecule has 10 heavy (non-hydrogen) atoms. The fraction of sp³-hybridized carbons (Fsp3) is 0.857. The van der Waals surface area contributed by atoms with Gasteiger partial charge >= 0.3 is 0 Å². The predicted octanol–water partition coefficient (Wildman–Crippen LogP) is 2.95. The second-order valence-electron chi connectivity index (χ2n) is 4.83. The Labute approximate surface area is 65.9 Å². The van der Waals surface area contributed by atoms with Crippen LogP contribution in [0.15, 0.2) is 0 Å². The summed E-state index contributed by atoms with van der Waals surface area (Å²) in [5, 5.41) is 0.597. The molecule has 0 saturated heterocycles. The van der Waals surface area contributed by atoms with E-state index in [1.165, 1.54) is 0 Å². The molecule has 3 heteroatoms. The average Bonchev–Trinajstić information content (AvgIpc) is 1.59. The normalized spacial score (nSPS) is 13.4. The lowest BCUT2D eigenvalue weighted by Crippen LogP contribution is -2.48. The minimum absolute atomic E-state index is 0.597. The van der Waals surface area contributed by atoms with Crippen molar-refractivity contribution in [1.82, 2.24) is 0 Å². The molecule has 0 aliphatic heterocycles. The van der Waals surface area contributed by atoms with Crippen LogP contribution in [0.25, 0.3) is 0 Å². The summed E-state index contributed by atoms with van der Waals surface area (Å²) in [6, 6.07) is 0. The molecular weight excluding hydrogens is 156 g/mol. The van der Waals surface area contributed by atoms with E-state index in [1.807, 2.05) is 0 Å². The first-order valence-corrected chi connectivity index (χ1v) is 10.7. The maximum atomic E-state index is 11.6. The van der Waals surface area contributed by atoms with Gasteiger partial charge in [-0.2, -0.15) is 0 Å². The van der Waals surface area contributed by atoms with Gasteiger partial charge in [-0.1, -0.05) is 39.3 Å². The van der Waals surface area contributed by atoms with Crippen molar-refractivity contribution >= 4 is 21.2 Å². The first-order valence-electron chi connectivity index (χ1n) is 3.70. The maximum Gasteiger partial charge on any atom is 0.117 e. The van der Waals surface area contributed by atoms with Crippen molar-refractivity contribution < 1.29 is 4.79 Å². The molecule has 60 valence electrons. The fourth-order valence-electron chi connectivity index (χ4n) is 1.12. The summed E-state index contributed by atoms with van der Waals surface area (Å²) in [5.74, 6) is 0. The van der Waals surface area contributed by atoms with Crippen LogP contribution >= 0.6 is 0 Å². The summed E-state index contributed by atoms with van der Waals surface area (Å²) >= 11 is 0. The van der Waals surface area contributed by atoms with E-state index >= 15 is 0 Å². The first-order chi connectivity index (χ1) is 4.15. The van der Waals surface area contributed by atoms with Gasteiger partial charge in [0.25, 0.3) is 0 Å². The van der Waals surface area contributed by atoms with Crippen LogP contribution in [0, 0.1) is 0 Å². The molecule has 0 radical (unpaired) electrons. The summed E-state index contributed by atoms with van der Waals surface area (Å²) in [6.07, 6.45) is 0. The Morgan fingerprint density at radius 1 is 0.800 bits per heavy atom. The minimum atomic E-state index is -1.47. The summed E-state index contributed by atoms with van der Waals surface area (Å²) in [4.78, 5) is 11.6. The van der Waals surface area contributed by atoms with Crippen molar-refractivity contribution in [1.29, 1.82) is 0 Å². The van der Waals surface area contributed by atoms with Gasteiger partial charge in [0.1, 0.15) is 16.1 Å². The van der Waals surface area contributed by atoms with Crippen LogP contribution in [-0.2, 0) is 0 Å². The van der Waals surface area contributed by atoms with Gasteiger partial charge in [-0.05, 0) is 0 Å². The van der Waals surface area contributed by atoms with E-state index in [2.05, 4.69) is 39.3 Å². The van der Waals surface area contributed by atoms with Crippen LogP contribution in [-0.4, -0.2) is 21.2 Å². The van der Waals surface area contributed by atoms with Gasteiger partial charge in [-0.15, -0.1) is 0 Å². The quantitative estimate of drug-likeness (QED) is 0.588. The smallest absolute Gasteiger partial charge is 0.117 e. The molecule has 0 aromatic heterocycles. The fourth-order valence-corrected chi connectivity index (χ4v) is 10.1. The molecule has 0 aromatic carbocycles. The van der Waals surface area contributed by atoms with E-state index in [-0.39, 0.29) is 0 Å². The Morgan fingerprint density at radius 3 is 1.00 bits per heavy atom. The van der Waals surface area contributed by atoms with Crippen molar-refractivity contribution in [3.63, 3.8) is 0 Å². The SMILES string of the molecule is C[Si](C)(C)C(=O)[Si](C)(C)C. The summed E-state index contributed by atoms with van der Waals surface area (Å²) in [6.45, 7) is 12.8. The van der Waals surface area contributed by atoms with Crippen LogP contribution in [0.4, 0.5) is 4.79 Å². The van der Waals surface area contributed by atoms with Crippen molar-refractivity contribution in [2.45, 2.75) is 39.3 Å². The molecule has 0 saturated carbocycles. The zero-order valence-corrected chi connectivity index (χ0v) is 9.91. The largest absolute Gasteiger partial charge is 0.311 e. The molecule has 0 bridgehead atoms. The molecular formula is C7H18OSi2. The third-order valence-electron chi connectivity index (χ3n) is 1.36. The molecule has 0 heterocycles. The molecule has 0 amide bonds. The minimum Gasteiger partial charge on any atom is -0.311 e. The first kappa shape index (κ1) is 10.1. The van der Waals surface area contributed by atoms with Crippen LogP contribution in [0.5, 0.6) is 0 Å². The zero-order valence-electron chi connectivity index (χ0n) is 7.91. The second kappa shape index (κ2) is 2.62. The van der Waals surface area contributed by atoms with Crippen LogP contribution in [0.1, 0.15) is 0 Å². The lowest BCUT2D eigenvalue weighted by molar-refractivity contribution is 0.272. The van der Waals surface area contributed by atoms with Gasteiger partial charge in [0.05, 0.1) is 5.03 Å². The van der Waals surface area contributed by atoms with Gasteiger partial charge in [-0.3, -0.25) is 0 Å². The molecule has 0 aliphatic rings. The van der Waals surface area contributed by atoms with Gasteiger partial charge in [0.2, 0.25) is 0 Å². The Morgan fingerprint density at radius 2 is 1.00 bits per heavy atom. The summed E-state index contributed by atoms with van der Waals surface area (Å²) in [5.41, 5.74) is 0. The Balaban J connectivity index is 4.40. The Hall–Kier alpha value is 0.104. The van der Waals surface area contributed by atoms with E-state index < -0.39 is 16.1 Å². The van der Waals surface area contributed by atoms with Crippen molar-refractivity contribution in [2.75, 3.05) is 0 Å². The highest BCUT2D eigenvalue weighted by atomic mass is 28.4. The number of rotatable bonds is 2. The van der Waals surface area contributed by atoms with E-state index in [4.69, 9.17) is 0 Å². The molecule has 0 unspecified atom stereocenters. The molecule has 0 rings (SSSR count). The highest BCUT2D eigenvalue weighted by Crippen LogP contribution is 2.14. The standard InChI is InChI=1S/C7H18OSi2/c1-9(2,3)7(8)10(4,5)6/h1-6H3. The number of carbonyl (C=O) groups excluding carboxylic acids is 1. The number of hydrogen-bond donors (Lipinski definition) is 0. The molecule has 0 aliphatic carbocycles. The number of hydrogen-bond acceptors (Lipinski definition) is 1. The second-order valence-corrected chi connectivity index (χ2v) is 15.2. The Kier molecular flexibility index (Phi) is 2.65. The zero-order chi connectivity index (χ0) is 8.58. The predicted molar refractivity (Wildman–Crippen MR) is 52.1 cm³/mol. The lowest BCUT2D eigenvalue weighted by Gasteiger charge is -2.23. The average molecular weight is 174 g/mol. The lowest BCUT2D eigenvalue weighted by atomic mass is 11.7. The van der Waals surface area contributed by atoms with Gasteiger partial charge in [-0.25, -0.2) is 0 Å². The molecule has 0 N–H and O–H groups in total. The van der Waals surface area contributed by atoms with Gasteiger partial charge in [0, 0.05) is 0 Å². The monoisotopic (exact) mass is 174 g/mol. The molecule has 0 fully saturated rings. The molecule has 0 spiro atoms. The highest BCUT2D eigenvalue weighted by molar-refractivity contribution is 7.31. The van der Waals surface area contributed by atoms with Crippen molar-refractivity contribution in [2.24, 2.45) is 0 Å². The van der Waals surface area contributed by atoms with E-state index in [1.54, 1.807) is 0 Å². The van der Waals surface area contributed by atoms with Gasteiger partial charge in [0.15, 0.2) is 0 Å². The van der Waals surface area contributed by atoms with Crippen molar-refractivity contribution in [3.05, 3.63) is 0 Å². The van der Waals surface area contributed by atoms with E-state index in [9.17, 15) is 4.79 Å². The van der Waals surface area contributed by atoms with Crippen molar-refractivity contribution in [3.8, 4) is 0 Å².